The second-order valence-electron chi connectivity index (χ2n) is 4.88. The van der Waals surface area contributed by atoms with Gasteiger partial charge in [-0.3, -0.25) is 9.79 Å². The van der Waals surface area contributed by atoms with Crippen molar-refractivity contribution in [2.75, 3.05) is 0 Å². The first-order valence-electron chi connectivity index (χ1n) is 6.00. The molecule has 0 saturated carbocycles. The van der Waals surface area contributed by atoms with Gasteiger partial charge >= 0.3 is 0 Å². The summed E-state index contributed by atoms with van der Waals surface area (Å²) in [5.41, 5.74) is 0.914. The number of benzene rings is 1. The molecule has 1 N–H and O–H groups in total. The zero-order valence-electron chi connectivity index (χ0n) is 10.5. The van der Waals surface area contributed by atoms with Gasteiger partial charge in [0.25, 0.3) is 0 Å². The number of carbonyl (C=O) groups is 1. The molecule has 1 unspecified atom stereocenters. The first-order chi connectivity index (χ1) is 8.05. The molecule has 0 fully saturated rings. The molecular weight excluding hydrogens is 212 g/mol. The second-order valence-corrected chi connectivity index (χ2v) is 4.88. The minimum Gasteiger partial charge on any atom is -0.312 e. The molecule has 0 radical (unpaired) electrons. The average molecular weight is 230 g/mol. The standard InChI is InChI=1S/C14H18N2O/c1-4-11-12(17)16-13(15-11)14(2,3)10-8-6-5-7-9-10/h5-9,11H,4H2,1-3H3,(H,15,16,17). The predicted octanol–water partition coefficient (Wildman–Crippen LogP) is 2.27. The van der Waals surface area contributed by atoms with Crippen molar-refractivity contribution in [1.29, 1.82) is 0 Å². The third kappa shape index (κ3) is 2.09. The van der Waals surface area contributed by atoms with Crippen molar-refractivity contribution in [3.63, 3.8) is 0 Å². The van der Waals surface area contributed by atoms with E-state index >= 15 is 0 Å². The third-order valence-corrected chi connectivity index (χ3v) is 3.30. The van der Waals surface area contributed by atoms with E-state index in [-0.39, 0.29) is 17.4 Å². The Kier molecular flexibility index (Phi) is 3.01. The highest BCUT2D eigenvalue weighted by molar-refractivity contribution is 6.09. The van der Waals surface area contributed by atoms with Gasteiger partial charge in [-0.05, 0) is 25.8 Å². The van der Waals surface area contributed by atoms with Crippen LogP contribution in [0.15, 0.2) is 35.3 Å². The second kappa shape index (κ2) is 4.32. The van der Waals surface area contributed by atoms with Crippen LogP contribution in [0.2, 0.25) is 0 Å². The van der Waals surface area contributed by atoms with Crippen LogP contribution in [0.3, 0.4) is 0 Å². The quantitative estimate of drug-likeness (QED) is 0.850. The van der Waals surface area contributed by atoms with Crippen molar-refractivity contribution in [3.8, 4) is 0 Å². The van der Waals surface area contributed by atoms with Gasteiger partial charge < -0.3 is 5.32 Å². The first-order valence-corrected chi connectivity index (χ1v) is 6.00. The Balaban J connectivity index is 2.32. The first kappa shape index (κ1) is 11.8. The number of amides is 1. The monoisotopic (exact) mass is 230 g/mol. The molecule has 1 amide bonds. The molecule has 90 valence electrons. The van der Waals surface area contributed by atoms with Gasteiger partial charge in [-0.2, -0.15) is 0 Å². The Morgan fingerprint density at radius 1 is 1.29 bits per heavy atom. The molecule has 0 bridgehead atoms. The Labute approximate surface area is 102 Å². The van der Waals surface area contributed by atoms with Crippen molar-refractivity contribution in [2.24, 2.45) is 4.99 Å². The fraction of sp³-hybridized carbons (Fsp3) is 0.429. The van der Waals surface area contributed by atoms with Crippen LogP contribution in [0.5, 0.6) is 0 Å². The van der Waals surface area contributed by atoms with E-state index in [1.165, 1.54) is 0 Å². The molecule has 0 aromatic heterocycles. The highest BCUT2D eigenvalue weighted by Crippen LogP contribution is 2.26. The molecule has 3 heteroatoms. The van der Waals surface area contributed by atoms with Gasteiger partial charge in [0.05, 0.1) is 0 Å². The molecule has 1 aliphatic rings. The maximum atomic E-state index is 11.7. The van der Waals surface area contributed by atoms with E-state index in [4.69, 9.17) is 0 Å². The van der Waals surface area contributed by atoms with Crippen LogP contribution in [0.1, 0.15) is 32.8 Å². The summed E-state index contributed by atoms with van der Waals surface area (Å²) >= 11 is 0. The number of aliphatic imine (C=N–C) groups is 1. The van der Waals surface area contributed by atoms with Gasteiger partial charge in [0, 0.05) is 5.41 Å². The lowest BCUT2D eigenvalue weighted by Crippen LogP contribution is -2.40. The zero-order chi connectivity index (χ0) is 12.5. The molecule has 1 atom stereocenters. The molecule has 1 heterocycles. The van der Waals surface area contributed by atoms with E-state index in [0.717, 1.165) is 17.8 Å². The van der Waals surface area contributed by atoms with E-state index in [0.29, 0.717) is 0 Å². The van der Waals surface area contributed by atoms with Crippen LogP contribution < -0.4 is 5.32 Å². The maximum absolute atomic E-state index is 11.7. The summed E-state index contributed by atoms with van der Waals surface area (Å²) in [7, 11) is 0. The summed E-state index contributed by atoms with van der Waals surface area (Å²) in [6.07, 6.45) is 0.750. The summed E-state index contributed by atoms with van der Waals surface area (Å²) in [6, 6.07) is 9.91. The number of hydrogen-bond donors (Lipinski definition) is 1. The summed E-state index contributed by atoms with van der Waals surface area (Å²) < 4.78 is 0. The highest BCUT2D eigenvalue weighted by atomic mass is 16.2. The average Bonchev–Trinajstić information content (AvgIpc) is 2.72. The van der Waals surface area contributed by atoms with Crippen molar-refractivity contribution >= 4 is 11.7 Å². The van der Waals surface area contributed by atoms with E-state index < -0.39 is 0 Å². The molecule has 0 saturated heterocycles. The van der Waals surface area contributed by atoms with Crippen LogP contribution in [0.25, 0.3) is 0 Å². The van der Waals surface area contributed by atoms with Gasteiger partial charge in [-0.15, -0.1) is 0 Å². The predicted molar refractivity (Wildman–Crippen MR) is 69.1 cm³/mol. The minimum atomic E-state index is -0.249. The van der Waals surface area contributed by atoms with Crippen LogP contribution in [-0.2, 0) is 10.2 Å². The van der Waals surface area contributed by atoms with Crippen molar-refractivity contribution in [3.05, 3.63) is 35.9 Å². The van der Waals surface area contributed by atoms with E-state index in [2.05, 4.69) is 36.3 Å². The minimum absolute atomic E-state index is 0.0199. The van der Waals surface area contributed by atoms with E-state index in [1.54, 1.807) is 0 Å². The number of rotatable bonds is 3. The van der Waals surface area contributed by atoms with Crippen LogP contribution in [-0.4, -0.2) is 17.8 Å². The zero-order valence-corrected chi connectivity index (χ0v) is 10.5. The summed E-state index contributed by atoms with van der Waals surface area (Å²) in [4.78, 5) is 16.2. The number of amidine groups is 1. The van der Waals surface area contributed by atoms with Crippen LogP contribution in [0, 0.1) is 0 Å². The molecular formula is C14H18N2O. The Hall–Kier alpha value is -1.64. The Morgan fingerprint density at radius 2 is 1.94 bits per heavy atom. The molecule has 1 aromatic rings. The summed E-state index contributed by atoms with van der Waals surface area (Å²) in [5.74, 6) is 0.798. The molecule has 17 heavy (non-hydrogen) atoms. The summed E-state index contributed by atoms with van der Waals surface area (Å²) in [6.45, 7) is 6.14. The lowest BCUT2D eigenvalue weighted by molar-refractivity contribution is -0.120. The Bertz CT molecular complexity index is 449. The van der Waals surface area contributed by atoms with Gasteiger partial charge in [-0.1, -0.05) is 37.3 Å². The number of carbonyl (C=O) groups excluding carboxylic acids is 1. The van der Waals surface area contributed by atoms with Gasteiger partial charge in [-0.25, -0.2) is 0 Å². The fourth-order valence-corrected chi connectivity index (χ4v) is 2.03. The third-order valence-electron chi connectivity index (χ3n) is 3.30. The largest absolute Gasteiger partial charge is 0.312 e. The van der Waals surface area contributed by atoms with Gasteiger partial charge in [0.1, 0.15) is 11.9 Å². The normalized spacial score (nSPS) is 20.1. The van der Waals surface area contributed by atoms with Crippen molar-refractivity contribution in [1.82, 2.24) is 5.32 Å². The van der Waals surface area contributed by atoms with Crippen molar-refractivity contribution in [2.45, 2.75) is 38.6 Å². The number of nitrogens with one attached hydrogen (secondary N) is 1. The SMILES string of the molecule is CCC1N=C(C(C)(C)c2ccccc2)NC1=O. The molecule has 1 aromatic carbocycles. The highest BCUT2D eigenvalue weighted by Gasteiger charge is 2.35. The van der Waals surface area contributed by atoms with Crippen molar-refractivity contribution < 1.29 is 4.79 Å². The lowest BCUT2D eigenvalue weighted by atomic mass is 9.83. The van der Waals surface area contributed by atoms with Crippen LogP contribution in [0.4, 0.5) is 0 Å². The number of hydrogen-bond acceptors (Lipinski definition) is 2. The molecule has 3 nitrogen and oxygen atoms in total. The van der Waals surface area contributed by atoms with E-state index in [1.807, 2.05) is 25.1 Å². The smallest absolute Gasteiger partial charge is 0.250 e. The molecule has 2 rings (SSSR count). The van der Waals surface area contributed by atoms with E-state index in [9.17, 15) is 4.79 Å². The Morgan fingerprint density at radius 3 is 2.47 bits per heavy atom. The van der Waals surface area contributed by atoms with Gasteiger partial charge in [0.15, 0.2) is 0 Å². The topological polar surface area (TPSA) is 41.5 Å². The number of nitrogens with zero attached hydrogens (tertiary/aromatic N) is 1. The molecule has 0 spiro atoms. The van der Waals surface area contributed by atoms with Crippen LogP contribution >= 0.6 is 0 Å². The lowest BCUT2D eigenvalue weighted by Gasteiger charge is -2.25. The van der Waals surface area contributed by atoms with Gasteiger partial charge in [0.2, 0.25) is 5.91 Å². The molecule has 1 aliphatic heterocycles. The maximum Gasteiger partial charge on any atom is 0.250 e. The molecule has 0 aliphatic carbocycles. The summed E-state index contributed by atoms with van der Waals surface area (Å²) in [5, 5.41) is 2.90. The fourth-order valence-electron chi connectivity index (χ4n) is 2.03.